The standard InChI is InChI=1S/C12H16N6O7S/c1-17-5-7(10(19)20)6-18(17)26(22,23)16-12(21)15-11-13-8(24-2)4-9(14-11)25-3/h4,6H,5H2,1-3H3,(H,19,20)(H2,13,14,15,16,21). The Hall–Kier alpha value is -3.13. The van der Waals surface area contributed by atoms with Crippen LogP contribution in [0.5, 0.6) is 11.8 Å². The minimum atomic E-state index is -4.39. The highest BCUT2D eigenvalue weighted by atomic mass is 32.2. The number of nitrogens with zero attached hydrogens (tertiary/aromatic N) is 4. The van der Waals surface area contributed by atoms with Crippen LogP contribution in [0, 0.1) is 0 Å². The first-order chi connectivity index (χ1) is 12.2. The average Bonchev–Trinajstić information content (AvgIpc) is 2.96. The third-order valence-electron chi connectivity index (χ3n) is 3.07. The maximum atomic E-state index is 12.2. The van der Waals surface area contributed by atoms with Gasteiger partial charge < -0.3 is 14.6 Å². The molecule has 3 N–H and O–H groups in total. The fourth-order valence-electron chi connectivity index (χ4n) is 1.92. The van der Waals surface area contributed by atoms with Crippen LogP contribution in [-0.4, -0.2) is 72.7 Å². The fraction of sp³-hybridized carbons (Fsp3) is 0.333. The average molecular weight is 388 g/mol. The Morgan fingerprint density at radius 2 is 1.81 bits per heavy atom. The summed E-state index contributed by atoms with van der Waals surface area (Å²) in [7, 11) is -0.362. The van der Waals surface area contributed by atoms with Crippen molar-refractivity contribution in [2.24, 2.45) is 0 Å². The number of carboxylic acid groups (broad SMARTS) is 1. The van der Waals surface area contributed by atoms with Crippen LogP contribution in [0.25, 0.3) is 0 Å². The van der Waals surface area contributed by atoms with Crippen molar-refractivity contribution < 1.29 is 32.6 Å². The Labute approximate surface area is 148 Å². The Morgan fingerprint density at radius 3 is 2.27 bits per heavy atom. The second-order valence-corrected chi connectivity index (χ2v) is 6.41. The lowest BCUT2D eigenvalue weighted by atomic mass is 10.3. The number of hydrogen-bond acceptors (Lipinski definition) is 9. The molecule has 1 aliphatic rings. The number of amides is 2. The van der Waals surface area contributed by atoms with Gasteiger partial charge in [-0.25, -0.2) is 19.3 Å². The number of likely N-dealkylation sites (N-methyl/N-ethyl adjacent to an activating group) is 1. The Morgan fingerprint density at radius 1 is 1.23 bits per heavy atom. The van der Waals surface area contributed by atoms with E-state index in [1.807, 2.05) is 0 Å². The highest BCUT2D eigenvalue weighted by Crippen LogP contribution is 2.18. The molecule has 0 bridgehead atoms. The van der Waals surface area contributed by atoms with E-state index in [0.717, 1.165) is 11.2 Å². The van der Waals surface area contributed by atoms with Crippen molar-refractivity contribution in [2.75, 3.05) is 33.1 Å². The van der Waals surface area contributed by atoms with Crippen LogP contribution in [0.4, 0.5) is 10.7 Å². The van der Waals surface area contributed by atoms with Gasteiger partial charge in [0.25, 0.3) is 0 Å². The molecule has 0 aliphatic carbocycles. The van der Waals surface area contributed by atoms with Crippen LogP contribution in [0.3, 0.4) is 0 Å². The van der Waals surface area contributed by atoms with E-state index in [2.05, 4.69) is 15.3 Å². The van der Waals surface area contributed by atoms with Gasteiger partial charge in [0, 0.05) is 13.2 Å². The smallest absolute Gasteiger partial charge is 0.340 e. The minimum Gasteiger partial charge on any atom is -0.481 e. The number of hydrogen-bond donors (Lipinski definition) is 3. The van der Waals surface area contributed by atoms with Crippen molar-refractivity contribution in [3.8, 4) is 11.8 Å². The maximum absolute atomic E-state index is 12.2. The van der Waals surface area contributed by atoms with Crippen LogP contribution >= 0.6 is 0 Å². The van der Waals surface area contributed by atoms with Crippen LogP contribution < -0.4 is 19.5 Å². The lowest BCUT2D eigenvalue weighted by Crippen LogP contribution is -2.47. The highest BCUT2D eigenvalue weighted by molar-refractivity contribution is 7.87. The number of ether oxygens (including phenoxy) is 2. The van der Waals surface area contributed by atoms with Gasteiger partial charge in [-0.1, -0.05) is 0 Å². The van der Waals surface area contributed by atoms with E-state index in [1.165, 1.54) is 27.3 Å². The topological polar surface area (TPSA) is 163 Å². The quantitative estimate of drug-likeness (QED) is 0.550. The normalized spacial score (nSPS) is 14.6. The molecule has 1 aromatic heterocycles. The van der Waals surface area contributed by atoms with E-state index in [0.29, 0.717) is 4.41 Å². The summed E-state index contributed by atoms with van der Waals surface area (Å²) in [5, 5.41) is 12.2. The van der Waals surface area contributed by atoms with Crippen LogP contribution in [0.1, 0.15) is 0 Å². The van der Waals surface area contributed by atoms with E-state index in [-0.39, 0.29) is 29.8 Å². The molecular formula is C12H16N6O7S. The summed E-state index contributed by atoms with van der Waals surface area (Å²) >= 11 is 0. The molecule has 0 atom stereocenters. The number of anilines is 1. The molecule has 0 fully saturated rings. The number of methoxy groups -OCH3 is 2. The first-order valence-electron chi connectivity index (χ1n) is 6.91. The zero-order chi connectivity index (χ0) is 19.5. The summed E-state index contributed by atoms with van der Waals surface area (Å²) in [6.07, 6.45) is 0.892. The summed E-state index contributed by atoms with van der Waals surface area (Å²) in [6.45, 7) is -0.145. The van der Waals surface area contributed by atoms with Crippen molar-refractivity contribution in [1.82, 2.24) is 24.1 Å². The van der Waals surface area contributed by atoms with Gasteiger partial charge in [0.15, 0.2) is 0 Å². The van der Waals surface area contributed by atoms with E-state index < -0.39 is 22.2 Å². The van der Waals surface area contributed by atoms with Gasteiger partial charge in [0.05, 0.1) is 32.4 Å². The number of carbonyl (C=O) groups is 2. The SMILES string of the molecule is COc1cc(OC)nc(NC(=O)NS(=O)(=O)N2C=C(C(=O)O)CN2C)n1. The molecule has 26 heavy (non-hydrogen) atoms. The van der Waals surface area contributed by atoms with Crippen LogP contribution in [0.15, 0.2) is 17.8 Å². The molecule has 0 saturated carbocycles. The number of nitrogens with one attached hydrogen (secondary N) is 2. The molecule has 1 aliphatic heterocycles. The van der Waals surface area contributed by atoms with E-state index >= 15 is 0 Å². The first kappa shape index (κ1) is 19.2. The summed E-state index contributed by atoms with van der Waals surface area (Å²) in [4.78, 5) is 30.6. The number of aromatic nitrogens is 2. The van der Waals surface area contributed by atoms with Gasteiger partial charge in [-0.05, 0) is 0 Å². The second kappa shape index (κ2) is 7.40. The molecule has 0 aromatic carbocycles. The fourth-order valence-corrected chi connectivity index (χ4v) is 2.99. The van der Waals surface area contributed by atoms with Crippen molar-refractivity contribution in [1.29, 1.82) is 0 Å². The largest absolute Gasteiger partial charge is 0.481 e. The summed E-state index contributed by atoms with van der Waals surface area (Å²) < 4.78 is 36.6. The molecule has 0 spiro atoms. The van der Waals surface area contributed by atoms with Gasteiger partial charge in [-0.15, -0.1) is 0 Å². The number of rotatable bonds is 6. The molecule has 0 radical (unpaired) electrons. The van der Waals surface area contributed by atoms with E-state index in [4.69, 9.17) is 14.6 Å². The number of carbonyl (C=O) groups excluding carboxylic acids is 1. The van der Waals surface area contributed by atoms with Crippen molar-refractivity contribution >= 4 is 28.2 Å². The van der Waals surface area contributed by atoms with Crippen LogP contribution in [-0.2, 0) is 15.0 Å². The molecule has 142 valence electrons. The van der Waals surface area contributed by atoms with Gasteiger partial charge in [0.2, 0.25) is 17.7 Å². The lowest BCUT2D eigenvalue weighted by molar-refractivity contribution is -0.132. The predicted molar refractivity (Wildman–Crippen MR) is 86.4 cm³/mol. The molecule has 2 rings (SSSR count). The van der Waals surface area contributed by atoms with E-state index in [1.54, 1.807) is 4.72 Å². The molecular weight excluding hydrogens is 372 g/mol. The number of hydrazine groups is 1. The van der Waals surface area contributed by atoms with Gasteiger partial charge in [0.1, 0.15) is 0 Å². The summed E-state index contributed by atoms with van der Waals surface area (Å²) in [6, 6.07) is 0.197. The zero-order valence-corrected chi connectivity index (χ0v) is 14.8. The molecule has 2 heterocycles. The van der Waals surface area contributed by atoms with Gasteiger partial charge >= 0.3 is 22.2 Å². The molecule has 14 heteroatoms. The third-order valence-corrected chi connectivity index (χ3v) is 4.39. The minimum absolute atomic E-state index is 0.0864. The highest BCUT2D eigenvalue weighted by Gasteiger charge is 2.32. The van der Waals surface area contributed by atoms with Crippen molar-refractivity contribution in [2.45, 2.75) is 0 Å². The summed E-state index contributed by atoms with van der Waals surface area (Å²) in [5.74, 6) is -1.35. The first-order valence-corrected chi connectivity index (χ1v) is 8.35. The molecule has 2 amide bonds. The number of urea groups is 1. The maximum Gasteiger partial charge on any atom is 0.340 e. The predicted octanol–water partition coefficient (Wildman–Crippen LogP) is -1.01. The Kier molecular flexibility index (Phi) is 5.47. The van der Waals surface area contributed by atoms with Crippen molar-refractivity contribution in [3.63, 3.8) is 0 Å². The molecule has 0 saturated heterocycles. The molecule has 13 nitrogen and oxygen atoms in total. The van der Waals surface area contributed by atoms with Gasteiger partial charge in [-0.3, -0.25) is 5.32 Å². The number of aliphatic carboxylic acids is 1. The van der Waals surface area contributed by atoms with Crippen LogP contribution in [0.2, 0.25) is 0 Å². The second-order valence-electron chi connectivity index (χ2n) is 4.89. The molecule has 1 aromatic rings. The monoisotopic (exact) mass is 388 g/mol. The van der Waals surface area contributed by atoms with E-state index in [9.17, 15) is 18.0 Å². The summed E-state index contributed by atoms with van der Waals surface area (Å²) in [5.41, 5.74) is -0.154. The third kappa shape index (κ3) is 4.28. The lowest BCUT2D eigenvalue weighted by Gasteiger charge is -2.23. The zero-order valence-electron chi connectivity index (χ0n) is 14.0. The van der Waals surface area contributed by atoms with Gasteiger partial charge in [-0.2, -0.15) is 22.8 Å². The van der Waals surface area contributed by atoms with Crippen molar-refractivity contribution in [3.05, 3.63) is 17.8 Å². The Bertz CT molecular complexity index is 833. The Balaban J connectivity index is 2.13. The molecule has 0 unspecified atom stereocenters. The number of carboxylic acids is 1.